The molecule has 3 heteroatoms. The summed E-state index contributed by atoms with van der Waals surface area (Å²) in [5.41, 5.74) is 0.144. The van der Waals surface area contributed by atoms with Gasteiger partial charge in [0, 0.05) is 5.92 Å². The first-order valence-corrected chi connectivity index (χ1v) is 6.00. The Labute approximate surface area is 99.8 Å². The van der Waals surface area contributed by atoms with Gasteiger partial charge in [-0.3, -0.25) is 4.79 Å². The van der Waals surface area contributed by atoms with Gasteiger partial charge in [-0.25, -0.2) is 8.78 Å². The Morgan fingerprint density at radius 2 is 1.94 bits per heavy atom. The van der Waals surface area contributed by atoms with E-state index >= 15 is 0 Å². The van der Waals surface area contributed by atoms with Crippen molar-refractivity contribution in [1.82, 2.24) is 0 Å². The standard InChI is InChI=1S/C14H16F2O/c1-8-4-3-5-10(8)14(17)11-7-12(15)9(2)6-13(11)16/h6-8,10H,3-5H2,1-2H3. The molecule has 2 unspecified atom stereocenters. The van der Waals surface area contributed by atoms with Crippen LogP contribution in [0.2, 0.25) is 0 Å². The van der Waals surface area contributed by atoms with Gasteiger partial charge in [-0.1, -0.05) is 13.3 Å². The Kier molecular flexibility index (Phi) is 3.27. The molecule has 0 bridgehead atoms. The Morgan fingerprint density at radius 1 is 1.24 bits per heavy atom. The van der Waals surface area contributed by atoms with E-state index in [9.17, 15) is 13.6 Å². The SMILES string of the molecule is Cc1cc(F)c(C(=O)C2CCCC2C)cc1F. The van der Waals surface area contributed by atoms with Crippen LogP contribution in [-0.2, 0) is 0 Å². The Morgan fingerprint density at radius 3 is 2.53 bits per heavy atom. The predicted octanol–water partition coefficient (Wildman–Crippen LogP) is 3.89. The number of halogens is 2. The zero-order valence-electron chi connectivity index (χ0n) is 10.1. The summed E-state index contributed by atoms with van der Waals surface area (Å²) in [7, 11) is 0. The van der Waals surface area contributed by atoms with Gasteiger partial charge in [-0.2, -0.15) is 0 Å². The summed E-state index contributed by atoms with van der Waals surface area (Å²) in [4.78, 5) is 12.1. The van der Waals surface area contributed by atoms with E-state index in [-0.39, 0.29) is 28.7 Å². The molecule has 0 aromatic heterocycles. The summed E-state index contributed by atoms with van der Waals surface area (Å²) < 4.78 is 27.1. The van der Waals surface area contributed by atoms with Gasteiger partial charge >= 0.3 is 0 Å². The first-order chi connectivity index (χ1) is 8.00. The number of aryl methyl sites for hydroxylation is 1. The van der Waals surface area contributed by atoms with E-state index in [0.29, 0.717) is 0 Å². The molecule has 1 fully saturated rings. The van der Waals surface area contributed by atoms with Gasteiger partial charge in [0.05, 0.1) is 5.56 Å². The lowest BCUT2D eigenvalue weighted by Crippen LogP contribution is -2.18. The molecule has 92 valence electrons. The molecule has 1 aliphatic rings. The third-order valence-electron chi connectivity index (χ3n) is 3.71. The molecule has 0 radical (unpaired) electrons. The highest BCUT2D eigenvalue weighted by molar-refractivity contribution is 5.98. The fourth-order valence-electron chi connectivity index (χ4n) is 2.57. The zero-order chi connectivity index (χ0) is 12.6. The van der Waals surface area contributed by atoms with Crippen molar-refractivity contribution < 1.29 is 13.6 Å². The molecule has 17 heavy (non-hydrogen) atoms. The summed E-state index contributed by atoms with van der Waals surface area (Å²) in [6.07, 6.45) is 2.77. The Balaban J connectivity index is 2.34. The summed E-state index contributed by atoms with van der Waals surface area (Å²) in [5, 5.41) is 0. The van der Waals surface area contributed by atoms with Crippen LogP contribution in [0, 0.1) is 30.4 Å². The van der Waals surface area contributed by atoms with Crippen LogP contribution < -0.4 is 0 Å². The van der Waals surface area contributed by atoms with E-state index in [0.717, 1.165) is 31.4 Å². The molecule has 1 nitrogen and oxygen atoms in total. The summed E-state index contributed by atoms with van der Waals surface area (Å²) in [6, 6.07) is 2.14. The maximum absolute atomic E-state index is 13.7. The van der Waals surface area contributed by atoms with Crippen molar-refractivity contribution >= 4 is 5.78 Å². The van der Waals surface area contributed by atoms with Gasteiger partial charge < -0.3 is 0 Å². The highest BCUT2D eigenvalue weighted by Gasteiger charge is 2.31. The van der Waals surface area contributed by atoms with Crippen LogP contribution >= 0.6 is 0 Å². The second-order valence-electron chi connectivity index (χ2n) is 4.96. The minimum absolute atomic E-state index is 0.0909. The van der Waals surface area contributed by atoms with Crippen molar-refractivity contribution in [2.75, 3.05) is 0 Å². The largest absolute Gasteiger partial charge is 0.294 e. The van der Waals surface area contributed by atoms with Crippen LogP contribution in [0.15, 0.2) is 12.1 Å². The smallest absolute Gasteiger partial charge is 0.169 e. The molecule has 1 aromatic rings. The Hall–Kier alpha value is -1.25. The third-order valence-corrected chi connectivity index (χ3v) is 3.71. The molecule has 0 spiro atoms. The van der Waals surface area contributed by atoms with Gasteiger partial charge in [0.25, 0.3) is 0 Å². The third kappa shape index (κ3) is 2.24. The summed E-state index contributed by atoms with van der Waals surface area (Å²) >= 11 is 0. The van der Waals surface area contributed by atoms with E-state index < -0.39 is 11.6 Å². The lowest BCUT2D eigenvalue weighted by Gasteiger charge is -2.14. The van der Waals surface area contributed by atoms with Crippen LogP contribution in [0.5, 0.6) is 0 Å². The van der Waals surface area contributed by atoms with Crippen LogP contribution in [-0.4, -0.2) is 5.78 Å². The van der Waals surface area contributed by atoms with E-state index in [1.807, 2.05) is 6.92 Å². The van der Waals surface area contributed by atoms with Gasteiger partial charge in [-0.15, -0.1) is 0 Å². The second-order valence-corrected chi connectivity index (χ2v) is 4.96. The molecule has 0 aliphatic heterocycles. The summed E-state index contributed by atoms with van der Waals surface area (Å²) in [6.45, 7) is 3.49. The average molecular weight is 238 g/mol. The number of carbonyl (C=O) groups is 1. The van der Waals surface area contributed by atoms with Crippen molar-refractivity contribution in [2.45, 2.75) is 33.1 Å². The molecule has 0 heterocycles. The lowest BCUT2D eigenvalue weighted by molar-refractivity contribution is 0.0892. The molecule has 2 atom stereocenters. The van der Waals surface area contributed by atoms with Crippen LogP contribution in [0.4, 0.5) is 8.78 Å². The lowest BCUT2D eigenvalue weighted by atomic mass is 9.89. The number of benzene rings is 1. The van der Waals surface area contributed by atoms with Gasteiger partial charge in [0.1, 0.15) is 11.6 Å². The molecular formula is C14H16F2O. The van der Waals surface area contributed by atoms with E-state index in [4.69, 9.17) is 0 Å². The zero-order valence-corrected chi connectivity index (χ0v) is 10.1. The highest BCUT2D eigenvalue weighted by Crippen LogP contribution is 2.34. The van der Waals surface area contributed by atoms with Gasteiger partial charge in [0.2, 0.25) is 0 Å². The molecule has 0 N–H and O–H groups in total. The number of Topliss-reactive ketones (excluding diaryl/α,β-unsaturated/α-hetero) is 1. The Bertz CT molecular complexity index is 454. The van der Waals surface area contributed by atoms with E-state index in [2.05, 4.69) is 0 Å². The quantitative estimate of drug-likeness (QED) is 0.714. The van der Waals surface area contributed by atoms with Crippen molar-refractivity contribution in [3.63, 3.8) is 0 Å². The molecular weight excluding hydrogens is 222 g/mol. The molecule has 0 amide bonds. The van der Waals surface area contributed by atoms with Crippen LogP contribution in [0.3, 0.4) is 0 Å². The second kappa shape index (κ2) is 4.55. The number of ketones is 1. The first-order valence-electron chi connectivity index (χ1n) is 6.00. The normalized spacial score (nSPS) is 24.0. The van der Waals surface area contributed by atoms with Crippen molar-refractivity contribution in [1.29, 1.82) is 0 Å². The monoisotopic (exact) mass is 238 g/mol. The minimum Gasteiger partial charge on any atom is -0.294 e. The number of carbonyl (C=O) groups excluding carboxylic acids is 1. The molecule has 1 saturated carbocycles. The fourth-order valence-corrected chi connectivity index (χ4v) is 2.57. The van der Waals surface area contributed by atoms with Crippen LogP contribution in [0.25, 0.3) is 0 Å². The average Bonchev–Trinajstić information content (AvgIpc) is 2.69. The number of rotatable bonds is 2. The topological polar surface area (TPSA) is 17.1 Å². The maximum Gasteiger partial charge on any atom is 0.169 e. The summed E-state index contributed by atoms with van der Waals surface area (Å²) in [5.74, 6) is -1.24. The van der Waals surface area contributed by atoms with Crippen LogP contribution in [0.1, 0.15) is 42.1 Å². The van der Waals surface area contributed by atoms with Gasteiger partial charge in [-0.05, 0) is 43.4 Å². The predicted molar refractivity (Wildman–Crippen MR) is 61.9 cm³/mol. The first kappa shape index (κ1) is 12.2. The minimum atomic E-state index is -0.604. The van der Waals surface area contributed by atoms with Crippen molar-refractivity contribution in [2.24, 2.45) is 11.8 Å². The maximum atomic E-state index is 13.7. The van der Waals surface area contributed by atoms with Gasteiger partial charge in [0.15, 0.2) is 5.78 Å². The molecule has 1 aliphatic carbocycles. The van der Waals surface area contributed by atoms with Crippen molar-refractivity contribution in [3.8, 4) is 0 Å². The fraction of sp³-hybridized carbons (Fsp3) is 0.500. The molecule has 2 rings (SSSR count). The van der Waals surface area contributed by atoms with Crippen molar-refractivity contribution in [3.05, 3.63) is 34.9 Å². The molecule has 0 saturated heterocycles. The van der Waals surface area contributed by atoms with E-state index in [1.54, 1.807) is 0 Å². The highest BCUT2D eigenvalue weighted by atomic mass is 19.1. The molecule has 1 aromatic carbocycles. The number of hydrogen-bond donors (Lipinski definition) is 0. The number of hydrogen-bond acceptors (Lipinski definition) is 1. The van der Waals surface area contributed by atoms with E-state index in [1.165, 1.54) is 6.92 Å².